The molecule has 15 heavy (non-hydrogen) atoms. The van der Waals surface area contributed by atoms with Gasteiger partial charge in [-0.15, -0.1) is 0 Å². The summed E-state index contributed by atoms with van der Waals surface area (Å²) in [7, 11) is 0. The lowest BCUT2D eigenvalue weighted by molar-refractivity contribution is -0.148. The van der Waals surface area contributed by atoms with E-state index in [2.05, 4.69) is 0 Å². The van der Waals surface area contributed by atoms with Gasteiger partial charge in [-0.3, -0.25) is 14.4 Å². The number of hydrogen-bond donors (Lipinski definition) is 2. The van der Waals surface area contributed by atoms with Gasteiger partial charge in [-0.1, -0.05) is 0 Å². The SMILES string of the molecule is NC(=O)C1CCCCN1C(=O)CC(=O)O. The van der Waals surface area contributed by atoms with Gasteiger partial charge in [0.05, 0.1) is 0 Å². The summed E-state index contributed by atoms with van der Waals surface area (Å²) < 4.78 is 0. The number of carbonyl (C=O) groups excluding carboxylic acids is 2. The first-order chi connectivity index (χ1) is 7.02. The van der Waals surface area contributed by atoms with Crippen LogP contribution in [0.1, 0.15) is 25.7 Å². The summed E-state index contributed by atoms with van der Waals surface area (Å²) in [6.45, 7) is 0.416. The Hall–Kier alpha value is -1.59. The van der Waals surface area contributed by atoms with Crippen LogP contribution in [0, 0.1) is 0 Å². The molecule has 6 heteroatoms. The Labute approximate surface area is 87.0 Å². The van der Waals surface area contributed by atoms with E-state index in [1.807, 2.05) is 0 Å². The topological polar surface area (TPSA) is 101 Å². The average Bonchev–Trinajstić information content (AvgIpc) is 2.16. The number of carboxylic acid groups (broad SMARTS) is 1. The molecule has 0 radical (unpaired) electrons. The maximum absolute atomic E-state index is 11.5. The van der Waals surface area contributed by atoms with Gasteiger partial charge in [0.25, 0.3) is 0 Å². The van der Waals surface area contributed by atoms with E-state index in [0.29, 0.717) is 13.0 Å². The van der Waals surface area contributed by atoms with Gasteiger partial charge in [-0.25, -0.2) is 0 Å². The number of carbonyl (C=O) groups is 3. The molecule has 0 aromatic heterocycles. The van der Waals surface area contributed by atoms with Gasteiger partial charge in [-0.05, 0) is 19.3 Å². The fourth-order valence-corrected chi connectivity index (χ4v) is 1.76. The lowest BCUT2D eigenvalue weighted by Crippen LogP contribution is -2.50. The summed E-state index contributed by atoms with van der Waals surface area (Å²) >= 11 is 0. The summed E-state index contributed by atoms with van der Waals surface area (Å²) in [6.07, 6.45) is 1.57. The van der Waals surface area contributed by atoms with Crippen LogP contribution < -0.4 is 5.73 Å². The first-order valence-corrected chi connectivity index (χ1v) is 4.83. The van der Waals surface area contributed by atoms with Crippen LogP contribution in [-0.2, 0) is 14.4 Å². The third-order valence-electron chi connectivity index (χ3n) is 2.45. The van der Waals surface area contributed by atoms with Gasteiger partial charge in [0, 0.05) is 6.54 Å². The van der Waals surface area contributed by atoms with E-state index < -0.39 is 30.2 Å². The third-order valence-corrected chi connectivity index (χ3v) is 2.45. The van der Waals surface area contributed by atoms with Gasteiger partial charge >= 0.3 is 5.97 Å². The fraction of sp³-hybridized carbons (Fsp3) is 0.667. The molecular formula is C9H14N2O4. The molecule has 1 fully saturated rings. The zero-order valence-electron chi connectivity index (χ0n) is 8.31. The molecule has 1 unspecified atom stereocenters. The highest BCUT2D eigenvalue weighted by atomic mass is 16.4. The minimum Gasteiger partial charge on any atom is -0.481 e. The van der Waals surface area contributed by atoms with Crippen molar-refractivity contribution in [3.63, 3.8) is 0 Å². The summed E-state index contributed by atoms with van der Waals surface area (Å²) in [4.78, 5) is 34.1. The molecule has 2 amide bonds. The predicted octanol–water partition coefficient (Wildman–Crippen LogP) is -0.673. The number of nitrogens with zero attached hydrogens (tertiary/aromatic N) is 1. The highest BCUT2D eigenvalue weighted by Gasteiger charge is 2.31. The van der Waals surface area contributed by atoms with Crippen molar-refractivity contribution >= 4 is 17.8 Å². The van der Waals surface area contributed by atoms with Crippen LogP contribution in [0.4, 0.5) is 0 Å². The molecule has 0 saturated carbocycles. The Bertz CT molecular complexity index is 290. The molecule has 1 aliphatic rings. The van der Waals surface area contributed by atoms with E-state index in [4.69, 9.17) is 10.8 Å². The monoisotopic (exact) mass is 214 g/mol. The van der Waals surface area contributed by atoms with Crippen molar-refractivity contribution in [2.75, 3.05) is 6.54 Å². The van der Waals surface area contributed by atoms with Gasteiger partial charge in [-0.2, -0.15) is 0 Å². The van der Waals surface area contributed by atoms with E-state index in [-0.39, 0.29) is 0 Å². The smallest absolute Gasteiger partial charge is 0.312 e. The average molecular weight is 214 g/mol. The van der Waals surface area contributed by atoms with Crippen LogP contribution in [0.15, 0.2) is 0 Å². The minimum atomic E-state index is -1.19. The largest absolute Gasteiger partial charge is 0.481 e. The number of aliphatic carboxylic acids is 1. The van der Waals surface area contributed by atoms with Crippen LogP contribution >= 0.6 is 0 Å². The number of likely N-dealkylation sites (tertiary alicyclic amines) is 1. The predicted molar refractivity (Wildman–Crippen MR) is 50.8 cm³/mol. The second-order valence-electron chi connectivity index (χ2n) is 3.57. The Morgan fingerprint density at radius 2 is 2.00 bits per heavy atom. The third kappa shape index (κ3) is 2.93. The van der Waals surface area contributed by atoms with E-state index in [0.717, 1.165) is 12.8 Å². The summed E-state index contributed by atoms with van der Waals surface area (Å²) in [6, 6.07) is -0.634. The van der Waals surface area contributed by atoms with Crippen molar-refractivity contribution in [2.45, 2.75) is 31.7 Å². The van der Waals surface area contributed by atoms with E-state index in [9.17, 15) is 14.4 Å². The van der Waals surface area contributed by atoms with Gasteiger partial charge < -0.3 is 15.7 Å². The fourth-order valence-electron chi connectivity index (χ4n) is 1.76. The molecule has 1 aliphatic heterocycles. The van der Waals surface area contributed by atoms with Gasteiger partial charge in [0.2, 0.25) is 11.8 Å². The van der Waals surface area contributed by atoms with Crippen LogP contribution in [-0.4, -0.2) is 40.4 Å². The maximum atomic E-state index is 11.5. The summed E-state index contributed by atoms with van der Waals surface area (Å²) in [5.74, 6) is -2.28. The Morgan fingerprint density at radius 1 is 1.33 bits per heavy atom. The number of piperidine rings is 1. The van der Waals surface area contributed by atoms with Crippen molar-refractivity contribution in [2.24, 2.45) is 5.73 Å². The number of nitrogens with two attached hydrogens (primary N) is 1. The van der Waals surface area contributed by atoms with Crippen LogP contribution in [0.25, 0.3) is 0 Å². The molecule has 84 valence electrons. The highest BCUT2D eigenvalue weighted by Crippen LogP contribution is 2.17. The molecule has 1 rings (SSSR count). The number of primary amides is 1. The Balaban J connectivity index is 2.67. The molecule has 6 nitrogen and oxygen atoms in total. The normalized spacial score (nSPS) is 21.1. The van der Waals surface area contributed by atoms with Crippen LogP contribution in [0.2, 0.25) is 0 Å². The number of rotatable bonds is 3. The molecule has 1 atom stereocenters. The zero-order chi connectivity index (χ0) is 11.4. The molecule has 1 heterocycles. The zero-order valence-corrected chi connectivity index (χ0v) is 8.31. The van der Waals surface area contributed by atoms with E-state index in [1.165, 1.54) is 4.90 Å². The van der Waals surface area contributed by atoms with Crippen molar-refractivity contribution < 1.29 is 19.5 Å². The molecule has 0 aromatic carbocycles. The first kappa shape index (κ1) is 11.5. The van der Waals surface area contributed by atoms with Crippen LogP contribution in [0.3, 0.4) is 0 Å². The van der Waals surface area contributed by atoms with Crippen molar-refractivity contribution in [1.29, 1.82) is 0 Å². The number of amides is 2. The molecule has 1 saturated heterocycles. The van der Waals surface area contributed by atoms with E-state index >= 15 is 0 Å². The maximum Gasteiger partial charge on any atom is 0.312 e. The van der Waals surface area contributed by atoms with Crippen LogP contribution in [0.5, 0.6) is 0 Å². The molecule has 0 spiro atoms. The Morgan fingerprint density at radius 3 is 2.53 bits per heavy atom. The molecular weight excluding hydrogens is 200 g/mol. The lowest BCUT2D eigenvalue weighted by atomic mass is 10.0. The second kappa shape index (κ2) is 4.77. The van der Waals surface area contributed by atoms with Crippen molar-refractivity contribution in [1.82, 2.24) is 4.90 Å². The highest BCUT2D eigenvalue weighted by molar-refractivity contribution is 5.95. The van der Waals surface area contributed by atoms with E-state index in [1.54, 1.807) is 0 Å². The summed E-state index contributed by atoms with van der Waals surface area (Å²) in [5.41, 5.74) is 5.15. The van der Waals surface area contributed by atoms with Crippen molar-refractivity contribution in [3.05, 3.63) is 0 Å². The Kier molecular flexibility index (Phi) is 3.65. The first-order valence-electron chi connectivity index (χ1n) is 4.83. The molecule has 0 aromatic rings. The van der Waals surface area contributed by atoms with Crippen molar-refractivity contribution in [3.8, 4) is 0 Å². The van der Waals surface area contributed by atoms with Gasteiger partial charge in [0.15, 0.2) is 0 Å². The number of carboxylic acids is 1. The molecule has 0 bridgehead atoms. The second-order valence-corrected chi connectivity index (χ2v) is 3.57. The minimum absolute atomic E-state index is 0.416. The molecule has 3 N–H and O–H groups in total. The summed E-state index contributed by atoms with van der Waals surface area (Å²) in [5, 5.41) is 8.48. The van der Waals surface area contributed by atoms with Gasteiger partial charge in [0.1, 0.15) is 12.5 Å². The molecule has 0 aliphatic carbocycles. The quantitative estimate of drug-likeness (QED) is 0.608. The standard InChI is InChI=1S/C9H14N2O4/c10-9(15)6-3-1-2-4-11(6)7(12)5-8(13)14/h6H,1-5H2,(H2,10,15)(H,13,14). The number of hydrogen-bond acceptors (Lipinski definition) is 3. The lowest BCUT2D eigenvalue weighted by Gasteiger charge is -2.33.